The molecular weight excluding hydrogens is 394 g/mol. The van der Waals surface area contributed by atoms with Gasteiger partial charge in [-0.1, -0.05) is 19.9 Å². The molecule has 1 amide bonds. The quantitative estimate of drug-likeness (QED) is 0.573. The molecule has 3 rings (SSSR count). The third kappa shape index (κ3) is 7.97. The van der Waals surface area contributed by atoms with E-state index in [1.54, 1.807) is 42.7 Å². The number of aliphatic hydroxyl groups is 1. The van der Waals surface area contributed by atoms with E-state index in [4.69, 9.17) is 4.42 Å². The molecule has 3 heterocycles. The number of oxazole rings is 1. The summed E-state index contributed by atoms with van der Waals surface area (Å²) in [5.74, 6) is 2.07. The fourth-order valence-corrected chi connectivity index (χ4v) is 2.76. The van der Waals surface area contributed by atoms with Gasteiger partial charge in [-0.15, -0.1) is 0 Å². The second kappa shape index (κ2) is 12.6. The number of rotatable bonds is 7. The topological polar surface area (TPSA) is 97.3 Å². The number of aromatic nitrogens is 4. The number of hydrogen-bond donors (Lipinski definition) is 1. The van der Waals surface area contributed by atoms with Crippen molar-refractivity contribution in [3.05, 3.63) is 59.7 Å². The van der Waals surface area contributed by atoms with Crippen LogP contribution in [0.2, 0.25) is 0 Å². The van der Waals surface area contributed by atoms with Gasteiger partial charge in [0.1, 0.15) is 17.1 Å². The number of nitrogens with zero attached hydrogens (tertiary/aromatic N) is 5. The molecule has 0 aliphatic heterocycles. The van der Waals surface area contributed by atoms with Crippen molar-refractivity contribution in [3.63, 3.8) is 0 Å². The number of aryl methyl sites for hydroxylation is 2. The largest absolute Gasteiger partial charge is 0.446 e. The molecule has 0 bridgehead atoms. The molecule has 0 aromatic carbocycles. The van der Waals surface area contributed by atoms with Crippen LogP contribution in [0.5, 0.6) is 0 Å². The molecule has 0 aliphatic rings. The number of hydrogen-bond acceptors (Lipinski definition) is 6. The van der Waals surface area contributed by atoms with E-state index in [0.29, 0.717) is 36.9 Å². The van der Waals surface area contributed by atoms with Crippen LogP contribution >= 0.6 is 0 Å². The molecule has 0 atom stereocenters. The lowest BCUT2D eigenvalue weighted by Gasteiger charge is -2.14. The minimum absolute atomic E-state index is 0.555. The molecule has 0 saturated carbocycles. The molecular formula is C23H35N5O3. The first-order chi connectivity index (χ1) is 14.8. The van der Waals surface area contributed by atoms with Crippen LogP contribution in [0.1, 0.15) is 57.5 Å². The van der Waals surface area contributed by atoms with Gasteiger partial charge in [0.15, 0.2) is 11.7 Å². The summed E-state index contributed by atoms with van der Waals surface area (Å²) in [5.41, 5.74) is 0.684. The van der Waals surface area contributed by atoms with Crippen molar-refractivity contribution < 1.29 is 14.3 Å². The summed E-state index contributed by atoms with van der Waals surface area (Å²) < 4.78 is 7.23. The van der Waals surface area contributed by atoms with Gasteiger partial charge in [-0.2, -0.15) is 5.10 Å². The van der Waals surface area contributed by atoms with E-state index in [-0.39, 0.29) is 0 Å². The molecule has 0 saturated heterocycles. The van der Waals surface area contributed by atoms with Gasteiger partial charge in [0.25, 0.3) is 0 Å². The van der Waals surface area contributed by atoms with Gasteiger partial charge in [0.05, 0.1) is 0 Å². The van der Waals surface area contributed by atoms with Crippen LogP contribution in [0.4, 0.5) is 0 Å². The van der Waals surface area contributed by atoms with Crippen LogP contribution in [-0.4, -0.2) is 49.3 Å². The Hall–Kier alpha value is -3.00. The SMILES string of the molecule is CC.CCN(C=O)CCc1nc(C(C)(C)O)c(C)o1.Cc1cccnc1-n1cccn1. The molecule has 0 spiro atoms. The molecule has 1 N–H and O–H groups in total. The number of carbonyl (C=O) groups is 1. The first-order valence-corrected chi connectivity index (χ1v) is 10.6. The monoisotopic (exact) mass is 429 g/mol. The predicted octanol–water partition coefficient (Wildman–Crippen LogP) is 3.83. The zero-order chi connectivity index (χ0) is 23.4. The van der Waals surface area contributed by atoms with Gasteiger partial charge >= 0.3 is 0 Å². The normalized spacial score (nSPS) is 10.5. The second-order valence-corrected chi connectivity index (χ2v) is 7.15. The highest BCUT2D eigenvalue weighted by Gasteiger charge is 2.24. The van der Waals surface area contributed by atoms with Crippen LogP contribution in [0, 0.1) is 13.8 Å². The Labute approximate surface area is 184 Å². The van der Waals surface area contributed by atoms with Crippen molar-refractivity contribution in [2.45, 2.75) is 60.5 Å². The third-order valence-electron chi connectivity index (χ3n) is 4.29. The molecule has 8 heteroatoms. The lowest BCUT2D eigenvalue weighted by molar-refractivity contribution is -0.117. The minimum Gasteiger partial charge on any atom is -0.446 e. The van der Waals surface area contributed by atoms with Gasteiger partial charge in [-0.3, -0.25) is 4.79 Å². The Bertz CT molecular complexity index is 898. The Morgan fingerprint density at radius 2 is 1.94 bits per heavy atom. The van der Waals surface area contributed by atoms with E-state index in [1.807, 2.05) is 52.1 Å². The van der Waals surface area contributed by atoms with E-state index in [0.717, 1.165) is 17.8 Å². The van der Waals surface area contributed by atoms with E-state index in [1.165, 1.54) is 0 Å². The summed E-state index contributed by atoms with van der Waals surface area (Å²) >= 11 is 0. The fraction of sp³-hybridized carbons (Fsp3) is 0.478. The average Bonchev–Trinajstić information content (AvgIpc) is 3.41. The zero-order valence-electron chi connectivity index (χ0n) is 19.7. The summed E-state index contributed by atoms with van der Waals surface area (Å²) in [5, 5.41) is 14.0. The van der Waals surface area contributed by atoms with Crippen molar-refractivity contribution in [1.29, 1.82) is 0 Å². The van der Waals surface area contributed by atoms with Gasteiger partial charge in [-0.05, 0) is 52.3 Å². The average molecular weight is 430 g/mol. The lowest BCUT2D eigenvalue weighted by Crippen LogP contribution is -2.24. The second-order valence-electron chi connectivity index (χ2n) is 7.15. The van der Waals surface area contributed by atoms with Crippen LogP contribution in [0.25, 0.3) is 5.82 Å². The summed E-state index contributed by atoms with van der Waals surface area (Å²) in [6.45, 7) is 14.3. The summed E-state index contributed by atoms with van der Waals surface area (Å²) in [7, 11) is 0. The molecule has 3 aromatic rings. The Kier molecular flexibility index (Phi) is 10.6. The maximum absolute atomic E-state index is 10.6. The van der Waals surface area contributed by atoms with E-state index in [9.17, 15) is 9.90 Å². The number of carbonyl (C=O) groups excluding carboxylic acids is 1. The lowest BCUT2D eigenvalue weighted by atomic mass is 10.0. The molecule has 0 unspecified atom stereocenters. The Balaban J connectivity index is 0.000000300. The summed E-state index contributed by atoms with van der Waals surface area (Å²) in [4.78, 5) is 20.7. The van der Waals surface area contributed by atoms with Gasteiger partial charge in [0, 0.05) is 38.1 Å². The van der Waals surface area contributed by atoms with Crippen molar-refractivity contribution in [2.24, 2.45) is 0 Å². The smallest absolute Gasteiger partial charge is 0.209 e. The van der Waals surface area contributed by atoms with Gasteiger partial charge in [-0.25, -0.2) is 14.6 Å². The molecule has 3 aromatic heterocycles. The minimum atomic E-state index is -0.999. The van der Waals surface area contributed by atoms with Crippen LogP contribution in [0.15, 0.2) is 41.2 Å². The highest BCUT2D eigenvalue weighted by Crippen LogP contribution is 2.23. The molecule has 31 heavy (non-hydrogen) atoms. The molecule has 170 valence electrons. The standard InChI is InChI=1S/C12H20N2O3.C9H9N3.C2H6/c1-5-14(8-15)7-6-10-13-11(9(2)17-10)12(3,4)16;1-8-4-2-5-10-9(8)12-7-3-6-11-12;1-2/h8,16H,5-7H2,1-4H3;2-7H,1H3;1-2H3. The molecule has 0 aliphatic carbocycles. The molecule has 8 nitrogen and oxygen atoms in total. The van der Waals surface area contributed by atoms with Crippen LogP contribution in [0.3, 0.4) is 0 Å². The number of amides is 1. The Morgan fingerprint density at radius 3 is 2.42 bits per heavy atom. The highest BCUT2D eigenvalue weighted by molar-refractivity contribution is 5.46. The van der Waals surface area contributed by atoms with E-state index >= 15 is 0 Å². The van der Waals surface area contributed by atoms with Crippen LogP contribution in [-0.2, 0) is 16.8 Å². The van der Waals surface area contributed by atoms with Crippen LogP contribution < -0.4 is 0 Å². The first-order valence-electron chi connectivity index (χ1n) is 10.6. The van der Waals surface area contributed by atoms with Crippen molar-refractivity contribution in [2.75, 3.05) is 13.1 Å². The summed E-state index contributed by atoms with van der Waals surface area (Å²) in [6, 6.07) is 5.82. The zero-order valence-corrected chi connectivity index (χ0v) is 19.7. The van der Waals surface area contributed by atoms with Crippen molar-refractivity contribution >= 4 is 6.41 Å². The fourth-order valence-electron chi connectivity index (χ4n) is 2.76. The summed E-state index contributed by atoms with van der Waals surface area (Å²) in [6.07, 6.45) is 6.77. The van der Waals surface area contributed by atoms with Gasteiger partial charge in [0.2, 0.25) is 6.41 Å². The predicted molar refractivity (Wildman–Crippen MR) is 121 cm³/mol. The number of likely N-dealkylation sites (N-methyl/N-ethyl adjacent to an activating group) is 1. The van der Waals surface area contributed by atoms with Crippen molar-refractivity contribution in [3.8, 4) is 5.82 Å². The number of pyridine rings is 1. The van der Waals surface area contributed by atoms with E-state index in [2.05, 4.69) is 15.1 Å². The molecule has 0 fully saturated rings. The highest BCUT2D eigenvalue weighted by atomic mass is 16.4. The maximum atomic E-state index is 10.6. The maximum Gasteiger partial charge on any atom is 0.209 e. The van der Waals surface area contributed by atoms with Gasteiger partial charge < -0.3 is 14.4 Å². The Morgan fingerprint density at radius 1 is 1.23 bits per heavy atom. The molecule has 0 radical (unpaired) electrons. The third-order valence-corrected chi connectivity index (χ3v) is 4.29. The van der Waals surface area contributed by atoms with Crippen molar-refractivity contribution in [1.82, 2.24) is 24.6 Å². The first kappa shape index (κ1) is 26.0. The van der Waals surface area contributed by atoms with E-state index < -0.39 is 5.60 Å².